The number of anilines is 2. The predicted molar refractivity (Wildman–Crippen MR) is 98.3 cm³/mol. The molecule has 0 radical (unpaired) electrons. The average molecular weight is 325 g/mol. The third-order valence-electron chi connectivity index (χ3n) is 4.54. The molecule has 0 atom stereocenters. The van der Waals surface area contributed by atoms with Gasteiger partial charge in [-0.05, 0) is 32.3 Å². The average Bonchev–Trinajstić information content (AvgIpc) is 2.90. The van der Waals surface area contributed by atoms with Gasteiger partial charge in [-0.2, -0.15) is 10.1 Å². The van der Waals surface area contributed by atoms with E-state index in [0.717, 1.165) is 31.4 Å². The van der Waals surface area contributed by atoms with E-state index in [1.54, 1.807) is 6.20 Å². The Morgan fingerprint density at radius 3 is 2.42 bits per heavy atom. The summed E-state index contributed by atoms with van der Waals surface area (Å²) in [5.74, 6) is 1.68. The van der Waals surface area contributed by atoms with Crippen LogP contribution in [0.25, 0.3) is 0 Å². The van der Waals surface area contributed by atoms with E-state index >= 15 is 0 Å². The zero-order chi connectivity index (χ0) is 16.8. The molecule has 128 valence electrons. The van der Waals surface area contributed by atoms with Crippen LogP contribution in [0.1, 0.15) is 45.1 Å². The Morgan fingerprint density at radius 2 is 1.75 bits per heavy atom. The van der Waals surface area contributed by atoms with Gasteiger partial charge < -0.3 is 9.80 Å². The number of hydrogen-bond acceptors (Lipinski definition) is 5. The van der Waals surface area contributed by atoms with Gasteiger partial charge in [0.15, 0.2) is 5.82 Å². The summed E-state index contributed by atoms with van der Waals surface area (Å²) in [6.07, 6.45) is 6.90. The third kappa shape index (κ3) is 4.22. The lowest BCUT2D eigenvalue weighted by Gasteiger charge is -2.28. The van der Waals surface area contributed by atoms with Gasteiger partial charge in [0.25, 0.3) is 0 Å². The van der Waals surface area contributed by atoms with Crippen molar-refractivity contribution in [1.82, 2.24) is 15.2 Å². The van der Waals surface area contributed by atoms with Crippen molar-refractivity contribution < 1.29 is 0 Å². The van der Waals surface area contributed by atoms with Crippen LogP contribution < -0.4 is 9.80 Å². The fraction of sp³-hybridized carbons (Fsp3) is 0.526. The maximum atomic E-state index is 4.83. The molecule has 1 aliphatic heterocycles. The maximum absolute atomic E-state index is 4.83. The molecule has 0 N–H and O–H groups in total. The van der Waals surface area contributed by atoms with Crippen molar-refractivity contribution in [2.45, 2.75) is 52.1 Å². The Kier molecular flexibility index (Phi) is 5.62. The fourth-order valence-electron chi connectivity index (χ4n) is 3.12. The zero-order valence-corrected chi connectivity index (χ0v) is 14.7. The summed E-state index contributed by atoms with van der Waals surface area (Å²) >= 11 is 0. The lowest BCUT2D eigenvalue weighted by Crippen LogP contribution is -2.33. The van der Waals surface area contributed by atoms with Crippen LogP contribution in [-0.4, -0.2) is 34.3 Å². The lowest BCUT2D eigenvalue weighted by molar-refractivity contribution is 0.648. The summed E-state index contributed by atoms with van der Waals surface area (Å²) in [6, 6.07) is 10.8. The summed E-state index contributed by atoms with van der Waals surface area (Å²) < 4.78 is 0. The minimum Gasteiger partial charge on any atom is -0.355 e. The van der Waals surface area contributed by atoms with E-state index in [9.17, 15) is 0 Å². The van der Waals surface area contributed by atoms with Gasteiger partial charge in [0, 0.05) is 25.7 Å². The van der Waals surface area contributed by atoms with Crippen LogP contribution in [0.2, 0.25) is 0 Å². The molecule has 1 fully saturated rings. The van der Waals surface area contributed by atoms with Crippen LogP contribution in [0, 0.1) is 0 Å². The molecule has 2 aromatic rings. The van der Waals surface area contributed by atoms with E-state index in [-0.39, 0.29) is 0 Å². The number of aromatic nitrogens is 3. The van der Waals surface area contributed by atoms with Crippen molar-refractivity contribution in [3.05, 3.63) is 42.1 Å². The number of nitrogens with zero attached hydrogens (tertiary/aromatic N) is 5. The van der Waals surface area contributed by atoms with E-state index in [4.69, 9.17) is 4.98 Å². The smallest absolute Gasteiger partial charge is 0.247 e. The van der Waals surface area contributed by atoms with Gasteiger partial charge in [-0.1, -0.05) is 43.2 Å². The standard InChI is InChI=1S/C19H27N5/c1-16(2)24(15-17-10-6-5-7-11-17)19-21-18(14-20-22-19)23-12-8-3-4-9-13-23/h5-7,10-11,14,16H,3-4,8-9,12-13,15H2,1-2H3. The molecule has 0 bridgehead atoms. The first-order valence-electron chi connectivity index (χ1n) is 8.99. The molecular weight excluding hydrogens is 298 g/mol. The number of hydrogen-bond donors (Lipinski definition) is 0. The molecule has 0 spiro atoms. The molecule has 2 heterocycles. The van der Waals surface area contributed by atoms with E-state index in [1.165, 1.54) is 31.2 Å². The molecule has 0 unspecified atom stereocenters. The van der Waals surface area contributed by atoms with Gasteiger partial charge >= 0.3 is 0 Å². The van der Waals surface area contributed by atoms with Gasteiger partial charge in [-0.25, -0.2) is 0 Å². The second-order valence-electron chi connectivity index (χ2n) is 6.72. The van der Waals surface area contributed by atoms with Crippen LogP contribution >= 0.6 is 0 Å². The molecule has 3 rings (SSSR count). The number of benzene rings is 1. The van der Waals surface area contributed by atoms with E-state index in [2.05, 4.69) is 58.1 Å². The summed E-state index contributed by atoms with van der Waals surface area (Å²) in [7, 11) is 0. The van der Waals surface area contributed by atoms with Crippen LogP contribution in [0.15, 0.2) is 36.5 Å². The lowest BCUT2D eigenvalue weighted by atomic mass is 10.2. The molecule has 1 aromatic heterocycles. The van der Waals surface area contributed by atoms with Gasteiger partial charge in [0.2, 0.25) is 5.95 Å². The molecule has 1 saturated heterocycles. The van der Waals surface area contributed by atoms with Gasteiger partial charge in [0.1, 0.15) is 0 Å². The summed E-state index contributed by atoms with van der Waals surface area (Å²) in [4.78, 5) is 9.40. The topological polar surface area (TPSA) is 45.2 Å². The minimum atomic E-state index is 0.311. The second kappa shape index (κ2) is 8.08. The van der Waals surface area contributed by atoms with Crippen molar-refractivity contribution in [3.8, 4) is 0 Å². The van der Waals surface area contributed by atoms with Crippen LogP contribution in [0.4, 0.5) is 11.8 Å². The molecule has 1 aromatic carbocycles. The van der Waals surface area contributed by atoms with Crippen molar-refractivity contribution in [2.75, 3.05) is 22.9 Å². The molecule has 0 saturated carbocycles. The quantitative estimate of drug-likeness (QED) is 0.839. The largest absolute Gasteiger partial charge is 0.355 e. The Labute approximate surface area is 144 Å². The van der Waals surface area contributed by atoms with Crippen LogP contribution in [0.3, 0.4) is 0 Å². The van der Waals surface area contributed by atoms with Gasteiger partial charge in [0.05, 0.1) is 6.20 Å². The van der Waals surface area contributed by atoms with Crippen molar-refractivity contribution in [3.63, 3.8) is 0 Å². The number of rotatable bonds is 5. The maximum Gasteiger partial charge on any atom is 0.247 e. The minimum absolute atomic E-state index is 0.311. The fourth-order valence-corrected chi connectivity index (χ4v) is 3.12. The molecular formula is C19H27N5. The van der Waals surface area contributed by atoms with Crippen LogP contribution in [0.5, 0.6) is 0 Å². The monoisotopic (exact) mass is 325 g/mol. The highest BCUT2D eigenvalue weighted by molar-refractivity contribution is 5.42. The summed E-state index contributed by atoms with van der Waals surface area (Å²) in [6.45, 7) is 7.27. The predicted octanol–water partition coefficient (Wildman–Crippen LogP) is 3.67. The first-order valence-corrected chi connectivity index (χ1v) is 8.99. The molecule has 5 heteroatoms. The Bertz CT molecular complexity index is 621. The third-order valence-corrected chi connectivity index (χ3v) is 4.54. The normalized spacial score (nSPS) is 15.4. The highest BCUT2D eigenvalue weighted by Crippen LogP contribution is 2.20. The molecule has 0 amide bonds. The molecule has 5 nitrogen and oxygen atoms in total. The van der Waals surface area contributed by atoms with Crippen molar-refractivity contribution in [1.29, 1.82) is 0 Å². The first-order chi connectivity index (χ1) is 11.7. The highest BCUT2D eigenvalue weighted by Gasteiger charge is 2.18. The summed E-state index contributed by atoms with van der Waals surface area (Å²) in [5, 5.41) is 8.55. The zero-order valence-electron chi connectivity index (χ0n) is 14.7. The van der Waals surface area contributed by atoms with E-state index in [0.29, 0.717) is 6.04 Å². The van der Waals surface area contributed by atoms with Crippen molar-refractivity contribution >= 4 is 11.8 Å². The van der Waals surface area contributed by atoms with Gasteiger partial charge in [-0.3, -0.25) is 0 Å². The van der Waals surface area contributed by atoms with E-state index < -0.39 is 0 Å². The molecule has 24 heavy (non-hydrogen) atoms. The summed E-state index contributed by atoms with van der Waals surface area (Å²) in [5.41, 5.74) is 1.26. The Hall–Kier alpha value is -2.17. The van der Waals surface area contributed by atoms with Crippen molar-refractivity contribution in [2.24, 2.45) is 0 Å². The molecule has 1 aliphatic rings. The highest BCUT2D eigenvalue weighted by atomic mass is 15.4. The Morgan fingerprint density at radius 1 is 1.04 bits per heavy atom. The van der Waals surface area contributed by atoms with E-state index in [1.807, 2.05) is 6.07 Å². The van der Waals surface area contributed by atoms with Crippen LogP contribution in [-0.2, 0) is 6.54 Å². The SMILES string of the molecule is CC(C)N(Cc1ccccc1)c1nncc(N2CCCCCC2)n1. The second-order valence-corrected chi connectivity index (χ2v) is 6.72. The molecule has 0 aliphatic carbocycles. The van der Waals surface area contributed by atoms with Gasteiger partial charge in [-0.15, -0.1) is 5.10 Å². The Balaban J connectivity index is 1.81. The first kappa shape index (κ1) is 16.7.